The number of allylic oxidation sites excluding steroid dienone is 2. The van der Waals surface area contributed by atoms with Crippen LogP contribution >= 0.6 is 0 Å². The summed E-state index contributed by atoms with van der Waals surface area (Å²) in [6.45, 7) is 7.57. The highest BCUT2D eigenvalue weighted by Gasteiger charge is 2.23. The Kier molecular flexibility index (Phi) is 14.2. The van der Waals surface area contributed by atoms with Crippen LogP contribution < -0.4 is 14.2 Å². The van der Waals surface area contributed by atoms with E-state index in [0.717, 1.165) is 28.8 Å². The van der Waals surface area contributed by atoms with Gasteiger partial charge in [-0.2, -0.15) is 0 Å². The quantitative estimate of drug-likeness (QED) is 0.0453. The molecule has 0 spiro atoms. The molecule has 0 heterocycles. The van der Waals surface area contributed by atoms with Crippen LogP contribution in [0.3, 0.4) is 0 Å². The Morgan fingerprint density at radius 2 is 0.982 bits per heavy atom. The topological polar surface area (TPSA) is 132 Å². The summed E-state index contributed by atoms with van der Waals surface area (Å²) in [6, 6.07) is 27.5. The number of aryl methyl sites for hydroxylation is 1. The summed E-state index contributed by atoms with van der Waals surface area (Å²) in [5.41, 5.74) is 4.75. The lowest BCUT2D eigenvalue weighted by molar-refractivity contribution is -0.138. The molecule has 280 valence electrons. The number of rotatable bonds is 17. The molecule has 0 amide bonds. The van der Waals surface area contributed by atoms with Gasteiger partial charge in [-0.15, -0.1) is 0 Å². The van der Waals surface area contributed by atoms with Gasteiger partial charge in [0.05, 0.1) is 30.9 Å². The highest BCUT2D eigenvalue weighted by atomic mass is 16.5. The number of hydrogen-bond donors (Lipinski definition) is 0. The fourth-order valence-corrected chi connectivity index (χ4v) is 5.46. The summed E-state index contributed by atoms with van der Waals surface area (Å²) in [5.74, 6) is -0.653. The average molecular weight is 741 g/mol. The number of carbonyl (C=O) groups is 5. The van der Waals surface area contributed by atoms with E-state index in [1.54, 1.807) is 84.9 Å². The number of Topliss-reactive ketones (excluding diaryl/α,β-unsaturated/α-hetero) is 1. The van der Waals surface area contributed by atoms with Crippen molar-refractivity contribution in [2.24, 2.45) is 0 Å². The Hall–Kier alpha value is -6.81. The van der Waals surface area contributed by atoms with Crippen molar-refractivity contribution in [3.8, 4) is 17.2 Å². The molecule has 10 heteroatoms. The maximum Gasteiger partial charge on any atom is 0.343 e. The first-order valence-corrected chi connectivity index (χ1v) is 17.7. The summed E-state index contributed by atoms with van der Waals surface area (Å²) in [4.78, 5) is 60.8. The van der Waals surface area contributed by atoms with E-state index in [9.17, 15) is 24.0 Å². The van der Waals surface area contributed by atoms with Gasteiger partial charge in [-0.1, -0.05) is 49.6 Å². The highest BCUT2D eigenvalue weighted by Crippen LogP contribution is 2.30. The molecule has 4 aromatic carbocycles. The van der Waals surface area contributed by atoms with Gasteiger partial charge in [0.15, 0.2) is 5.78 Å². The molecule has 1 fully saturated rings. The molecule has 0 atom stereocenters. The lowest BCUT2D eigenvalue weighted by Crippen LogP contribution is -2.09. The molecule has 0 N–H and O–H groups in total. The molecule has 55 heavy (non-hydrogen) atoms. The molecule has 5 rings (SSSR count). The minimum absolute atomic E-state index is 0.0317. The predicted octanol–water partition coefficient (Wildman–Crippen LogP) is 8.11. The SMILES string of the molecule is C=CC(=O)OCCCOc1ccc(C(=O)Oc2ccc(C=C3CCC(=Cc4ccc(OC(=O)c5ccc(CCCOC(=O)C=C)cc5)cc4)C3=O)cc2)cc1. The Morgan fingerprint density at radius 1 is 0.545 bits per heavy atom. The maximum atomic E-state index is 13.2. The molecule has 1 aliphatic rings. The third-order valence-corrected chi connectivity index (χ3v) is 8.38. The smallest absolute Gasteiger partial charge is 0.343 e. The fraction of sp³-hybridized carbons (Fsp3) is 0.178. The number of ether oxygens (including phenoxy) is 5. The maximum absolute atomic E-state index is 13.2. The lowest BCUT2D eigenvalue weighted by Gasteiger charge is -2.08. The lowest BCUT2D eigenvalue weighted by atomic mass is 10.1. The van der Waals surface area contributed by atoms with Crippen LogP contribution in [0.1, 0.15) is 63.1 Å². The Morgan fingerprint density at radius 3 is 1.45 bits per heavy atom. The third-order valence-electron chi connectivity index (χ3n) is 8.38. The first-order valence-electron chi connectivity index (χ1n) is 17.7. The molecule has 0 aliphatic heterocycles. The second-order valence-electron chi connectivity index (χ2n) is 12.4. The first-order chi connectivity index (χ1) is 26.7. The molecular weight excluding hydrogens is 700 g/mol. The van der Waals surface area contributed by atoms with E-state index in [-0.39, 0.29) is 12.4 Å². The molecule has 0 bridgehead atoms. The van der Waals surface area contributed by atoms with Crippen LogP contribution in [0.5, 0.6) is 17.2 Å². The number of benzene rings is 4. The summed E-state index contributed by atoms with van der Waals surface area (Å²) < 4.78 is 26.6. The number of esters is 4. The monoisotopic (exact) mass is 740 g/mol. The number of ketones is 1. The van der Waals surface area contributed by atoms with Crippen molar-refractivity contribution >= 4 is 41.8 Å². The van der Waals surface area contributed by atoms with E-state index in [0.29, 0.717) is 84.8 Å². The van der Waals surface area contributed by atoms with Gasteiger partial charge in [0, 0.05) is 29.7 Å². The van der Waals surface area contributed by atoms with Crippen molar-refractivity contribution in [3.05, 3.63) is 161 Å². The van der Waals surface area contributed by atoms with Gasteiger partial charge in [-0.3, -0.25) is 4.79 Å². The van der Waals surface area contributed by atoms with Crippen LogP contribution in [0.4, 0.5) is 0 Å². The largest absolute Gasteiger partial charge is 0.493 e. The number of carbonyl (C=O) groups excluding carboxylic acids is 5. The van der Waals surface area contributed by atoms with E-state index in [1.807, 2.05) is 24.3 Å². The highest BCUT2D eigenvalue weighted by molar-refractivity contribution is 6.15. The van der Waals surface area contributed by atoms with Crippen LogP contribution in [-0.4, -0.2) is 49.5 Å². The first kappa shape index (κ1) is 39.4. The predicted molar refractivity (Wildman–Crippen MR) is 207 cm³/mol. The molecule has 10 nitrogen and oxygen atoms in total. The molecule has 1 saturated carbocycles. The van der Waals surface area contributed by atoms with Crippen molar-refractivity contribution < 1.29 is 47.7 Å². The normalized spacial score (nSPS) is 13.6. The Bertz CT molecular complexity index is 2070. The molecule has 0 radical (unpaired) electrons. The fourth-order valence-electron chi connectivity index (χ4n) is 5.46. The molecule has 0 aromatic heterocycles. The zero-order valence-corrected chi connectivity index (χ0v) is 30.2. The summed E-state index contributed by atoms with van der Waals surface area (Å²) in [7, 11) is 0. The van der Waals surface area contributed by atoms with Gasteiger partial charge in [0.1, 0.15) is 17.2 Å². The zero-order chi connectivity index (χ0) is 39.0. The third kappa shape index (κ3) is 12.1. The van der Waals surface area contributed by atoms with Crippen molar-refractivity contribution in [2.75, 3.05) is 19.8 Å². The van der Waals surface area contributed by atoms with Crippen LogP contribution in [0.15, 0.2) is 134 Å². The van der Waals surface area contributed by atoms with Crippen molar-refractivity contribution in [1.82, 2.24) is 0 Å². The van der Waals surface area contributed by atoms with Gasteiger partial charge in [0.2, 0.25) is 0 Å². The van der Waals surface area contributed by atoms with E-state index in [2.05, 4.69) is 13.2 Å². The van der Waals surface area contributed by atoms with Crippen molar-refractivity contribution in [1.29, 1.82) is 0 Å². The average Bonchev–Trinajstić information content (AvgIpc) is 3.55. The Balaban J connectivity index is 1.07. The van der Waals surface area contributed by atoms with Gasteiger partial charge in [-0.05, 0) is 115 Å². The molecule has 0 unspecified atom stereocenters. The van der Waals surface area contributed by atoms with Gasteiger partial charge < -0.3 is 23.7 Å². The zero-order valence-electron chi connectivity index (χ0n) is 30.2. The minimum Gasteiger partial charge on any atom is -0.493 e. The van der Waals surface area contributed by atoms with E-state index in [1.165, 1.54) is 0 Å². The molecule has 1 aliphatic carbocycles. The summed E-state index contributed by atoms with van der Waals surface area (Å²) >= 11 is 0. The molecular formula is C45H40O10. The second kappa shape index (κ2) is 19.9. The number of hydrogen-bond acceptors (Lipinski definition) is 10. The van der Waals surface area contributed by atoms with Crippen LogP contribution in [-0.2, 0) is 30.3 Å². The second-order valence-corrected chi connectivity index (χ2v) is 12.4. The summed E-state index contributed by atoms with van der Waals surface area (Å²) in [5, 5.41) is 0. The minimum atomic E-state index is -0.523. The van der Waals surface area contributed by atoms with Crippen LogP contribution in [0.2, 0.25) is 0 Å². The van der Waals surface area contributed by atoms with E-state index >= 15 is 0 Å². The van der Waals surface area contributed by atoms with Crippen molar-refractivity contribution in [3.63, 3.8) is 0 Å². The van der Waals surface area contributed by atoms with E-state index < -0.39 is 23.9 Å². The van der Waals surface area contributed by atoms with Crippen molar-refractivity contribution in [2.45, 2.75) is 32.1 Å². The van der Waals surface area contributed by atoms with Gasteiger partial charge in [0.25, 0.3) is 0 Å². The summed E-state index contributed by atoms with van der Waals surface area (Å²) in [6.07, 6.45) is 8.98. The van der Waals surface area contributed by atoms with Gasteiger partial charge in [-0.25, -0.2) is 19.2 Å². The van der Waals surface area contributed by atoms with E-state index in [4.69, 9.17) is 23.7 Å². The molecule has 0 saturated heterocycles. The van der Waals surface area contributed by atoms with Gasteiger partial charge >= 0.3 is 23.9 Å². The Labute approximate surface area is 319 Å². The standard InChI is InChI=1S/C45H40O10/c1-3-41(46)52-26-5-7-31-8-14-34(15-9-31)44(49)54-39-20-10-32(11-21-39)29-36-16-17-37(43(36)48)30-33-12-22-40(23-13-33)55-45(50)35-18-24-38(25-19-35)51-27-6-28-53-42(47)4-2/h3-4,8-15,18-25,29-30H,1-2,5-7,16-17,26-28H2. The molecule has 4 aromatic rings. The van der Waals surface area contributed by atoms with Crippen LogP contribution in [0.25, 0.3) is 12.2 Å². The van der Waals surface area contributed by atoms with Crippen LogP contribution in [0, 0.1) is 0 Å².